The zero-order valence-corrected chi connectivity index (χ0v) is 15.6. The summed E-state index contributed by atoms with van der Waals surface area (Å²) in [4.78, 5) is 37.9. The minimum absolute atomic E-state index is 0.00365. The lowest BCUT2D eigenvalue weighted by Gasteiger charge is -2.24. The molecule has 2 aromatic carbocycles. The summed E-state index contributed by atoms with van der Waals surface area (Å²) < 4.78 is 10.2. The van der Waals surface area contributed by atoms with Gasteiger partial charge in [0, 0.05) is 17.9 Å². The highest BCUT2D eigenvalue weighted by Crippen LogP contribution is 2.32. The van der Waals surface area contributed by atoms with Crippen molar-refractivity contribution in [2.24, 2.45) is 5.92 Å². The monoisotopic (exact) mass is 368 g/mol. The molecule has 1 unspecified atom stereocenters. The summed E-state index contributed by atoms with van der Waals surface area (Å²) in [5.74, 6) is -3.36. The molecule has 5 heteroatoms. The van der Waals surface area contributed by atoms with E-state index in [2.05, 4.69) is 0 Å². The van der Waals surface area contributed by atoms with Crippen LogP contribution in [0.3, 0.4) is 0 Å². The standard InChI is InChI=1S/C22H24O5/c1-3-26-21(24)20(22(25)27-4-2)18(16-11-7-5-8-12-16)15-19(23)17-13-9-6-10-14-17/h5-14,18,20H,3-4,15H2,1-2H3. The van der Waals surface area contributed by atoms with Gasteiger partial charge in [-0.1, -0.05) is 60.7 Å². The first-order chi connectivity index (χ1) is 13.1. The molecule has 0 aliphatic carbocycles. The third-order valence-electron chi connectivity index (χ3n) is 4.21. The first-order valence-electron chi connectivity index (χ1n) is 9.04. The Kier molecular flexibility index (Phi) is 7.74. The van der Waals surface area contributed by atoms with E-state index < -0.39 is 23.8 Å². The van der Waals surface area contributed by atoms with Gasteiger partial charge in [-0.15, -0.1) is 0 Å². The van der Waals surface area contributed by atoms with Crippen molar-refractivity contribution in [2.45, 2.75) is 26.2 Å². The third kappa shape index (κ3) is 5.51. The Morgan fingerprint density at radius 2 is 1.26 bits per heavy atom. The van der Waals surface area contributed by atoms with Gasteiger partial charge in [-0.3, -0.25) is 14.4 Å². The molecular weight excluding hydrogens is 344 g/mol. The largest absolute Gasteiger partial charge is 0.465 e. The summed E-state index contributed by atoms with van der Waals surface area (Å²) in [5, 5.41) is 0. The molecule has 0 aromatic heterocycles. The van der Waals surface area contributed by atoms with Crippen molar-refractivity contribution in [1.82, 2.24) is 0 Å². The Balaban J connectivity index is 2.40. The van der Waals surface area contributed by atoms with E-state index in [1.54, 1.807) is 50.2 Å². The van der Waals surface area contributed by atoms with Crippen molar-refractivity contribution >= 4 is 17.7 Å². The Labute approximate surface area is 159 Å². The zero-order valence-electron chi connectivity index (χ0n) is 15.6. The van der Waals surface area contributed by atoms with Gasteiger partial charge in [-0.25, -0.2) is 0 Å². The van der Waals surface area contributed by atoms with E-state index in [1.165, 1.54) is 0 Å². The number of ketones is 1. The van der Waals surface area contributed by atoms with Crippen molar-refractivity contribution in [3.05, 3.63) is 71.8 Å². The van der Waals surface area contributed by atoms with E-state index in [4.69, 9.17) is 9.47 Å². The number of benzene rings is 2. The SMILES string of the molecule is CCOC(=O)C(C(=O)OCC)C(CC(=O)c1ccccc1)c1ccccc1. The number of Topliss-reactive ketones (excluding diaryl/α,β-unsaturated/α-hetero) is 1. The summed E-state index contributed by atoms with van der Waals surface area (Å²) in [6.45, 7) is 3.63. The quantitative estimate of drug-likeness (QED) is 0.383. The molecule has 5 nitrogen and oxygen atoms in total. The van der Waals surface area contributed by atoms with Gasteiger partial charge < -0.3 is 9.47 Å². The van der Waals surface area contributed by atoms with Gasteiger partial charge in [0.1, 0.15) is 0 Å². The molecule has 142 valence electrons. The van der Waals surface area contributed by atoms with Crippen LogP contribution in [0.5, 0.6) is 0 Å². The van der Waals surface area contributed by atoms with Crippen LogP contribution in [-0.4, -0.2) is 30.9 Å². The second-order valence-corrected chi connectivity index (χ2v) is 5.99. The van der Waals surface area contributed by atoms with Gasteiger partial charge in [0.05, 0.1) is 13.2 Å². The van der Waals surface area contributed by atoms with E-state index in [1.807, 2.05) is 24.3 Å². The van der Waals surface area contributed by atoms with Gasteiger partial charge in [0.2, 0.25) is 0 Å². The Hall–Kier alpha value is -2.95. The van der Waals surface area contributed by atoms with Crippen LogP contribution < -0.4 is 0 Å². The highest BCUT2D eigenvalue weighted by molar-refractivity contribution is 6.00. The minimum Gasteiger partial charge on any atom is -0.465 e. The van der Waals surface area contributed by atoms with Crippen molar-refractivity contribution in [3.8, 4) is 0 Å². The Morgan fingerprint density at radius 3 is 1.74 bits per heavy atom. The molecule has 0 aliphatic rings. The topological polar surface area (TPSA) is 69.7 Å². The van der Waals surface area contributed by atoms with Crippen LogP contribution in [-0.2, 0) is 19.1 Å². The van der Waals surface area contributed by atoms with E-state index in [0.717, 1.165) is 0 Å². The fourth-order valence-corrected chi connectivity index (χ4v) is 2.96. The van der Waals surface area contributed by atoms with Gasteiger partial charge in [0.15, 0.2) is 11.7 Å². The number of carbonyl (C=O) groups is 3. The molecule has 2 aromatic rings. The minimum atomic E-state index is -1.19. The van der Waals surface area contributed by atoms with Gasteiger partial charge in [-0.2, -0.15) is 0 Å². The number of carbonyl (C=O) groups excluding carboxylic acids is 3. The molecule has 0 bridgehead atoms. The smallest absolute Gasteiger partial charge is 0.320 e. The Bertz CT molecular complexity index is 737. The van der Waals surface area contributed by atoms with Crippen LogP contribution in [0.1, 0.15) is 42.1 Å². The number of rotatable bonds is 9. The summed E-state index contributed by atoms with van der Waals surface area (Å²) in [7, 11) is 0. The lowest BCUT2D eigenvalue weighted by Crippen LogP contribution is -2.34. The predicted molar refractivity (Wildman–Crippen MR) is 101 cm³/mol. The van der Waals surface area contributed by atoms with Crippen molar-refractivity contribution < 1.29 is 23.9 Å². The van der Waals surface area contributed by atoms with E-state index in [-0.39, 0.29) is 25.4 Å². The highest BCUT2D eigenvalue weighted by Gasteiger charge is 2.39. The molecule has 0 spiro atoms. The van der Waals surface area contributed by atoms with Crippen LogP contribution >= 0.6 is 0 Å². The van der Waals surface area contributed by atoms with E-state index >= 15 is 0 Å². The van der Waals surface area contributed by atoms with E-state index in [9.17, 15) is 14.4 Å². The van der Waals surface area contributed by atoms with Gasteiger partial charge >= 0.3 is 11.9 Å². The Morgan fingerprint density at radius 1 is 0.778 bits per heavy atom. The first-order valence-corrected chi connectivity index (χ1v) is 9.04. The van der Waals surface area contributed by atoms with Crippen LogP contribution in [0, 0.1) is 5.92 Å². The van der Waals surface area contributed by atoms with Crippen LogP contribution in [0.2, 0.25) is 0 Å². The van der Waals surface area contributed by atoms with Crippen LogP contribution in [0.4, 0.5) is 0 Å². The maximum atomic E-state index is 12.8. The van der Waals surface area contributed by atoms with Crippen molar-refractivity contribution in [1.29, 1.82) is 0 Å². The fraction of sp³-hybridized carbons (Fsp3) is 0.318. The van der Waals surface area contributed by atoms with Crippen LogP contribution in [0.15, 0.2) is 60.7 Å². The zero-order chi connectivity index (χ0) is 19.6. The van der Waals surface area contributed by atoms with Crippen LogP contribution in [0.25, 0.3) is 0 Å². The predicted octanol–water partition coefficient (Wildman–Crippen LogP) is 3.79. The molecule has 1 atom stereocenters. The average molecular weight is 368 g/mol. The summed E-state index contributed by atoms with van der Waals surface area (Å²) in [6, 6.07) is 17.9. The fourth-order valence-electron chi connectivity index (χ4n) is 2.96. The van der Waals surface area contributed by atoms with E-state index in [0.29, 0.717) is 11.1 Å². The molecule has 0 aliphatic heterocycles. The molecule has 2 rings (SSSR count). The normalized spacial score (nSPS) is 11.7. The third-order valence-corrected chi connectivity index (χ3v) is 4.21. The maximum absolute atomic E-state index is 12.8. The summed E-state index contributed by atoms with van der Waals surface area (Å²) >= 11 is 0. The highest BCUT2D eigenvalue weighted by atomic mass is 16.6. The van der Waals surface area contributed by atoms with Gasteiger partial charge in [0.25, 0.3) is 0 Å². The summed E-state index contributed by atoms with van der Waals surface area (Å²) in [6.07, 6.45) is -0.00365. The number of esters is 2. The lowest BCUT2D eigenvalue weighted by molar-refractivity contribution is -0.162. The van der Waals surface area contributed by atoms with Crippen molar-refractivity contribution in [3.63, 3.8) is 0 Å². The maximum Gasteiger partial charge on any atom is 0.320 e. The molecular formula is C22H24O5. The number of hydrogen-bond acceptors (Lipinski definition) is 5. The molecule has 0 N–H and O–H groups in total. The van der Waals surface area contributed by atoms with Gasteiger partial charge in [-0.05, 0) is 19.4 Å². The molecule has 27 heavy (non-hydrogen) atoms. The molecule has 0 saturated heterocycles. The summed E-state index contributed by atoms with van der Waals surface area (Å²) in [5.41, 5.74) is 1.25. The molecule has 0 saturated carbocycles. The molecule has 0 heterocycles. The second-order valence-electron chi connectivity index (χ2n) is 5.99. The molecule has 0 amide bonds. The lowest BCUT2D eigenvalue weighted by atomic mass is 9.81. The average Bonchev–Trinajstić information content (AvgIpc) is 2.69. The number of hydrogen-bond donors (Lipinski definition) is 0. The molecule has 0 radical (unpaired) electrons. The number of ether oxygens (including phenoxy) is 2. The van der Waals surface area contributed by atoms with Crippen molar-refractivity contribution in [2.75, 3.05) is 13.2 Å². The second kappa shape index (κ2) is 10.3. The molecule has 0 fully saturated rings. The first kappa shape index (κ1) is 20.4.